The van der Waals surface area contributed by atoms with Crippen LogP contribution in [0.4, 0.5) is 0 Å². The van der Waals surface area contributed by atoms with Crippen LogP contribution in [-0.2, 0) is 14.6 Å². The molecular weight excluding hydrogens is 417 g/mol. The highest BCUT2D eigenvalue weighted by Gasteiger charge is 2.30. The summed E-state index contributed by atoms with van der Waals surface area (Å²) < 4.78 is 28.0. The van der Waals surface area contributed by atoms with Gasteiger partial charge in [-0.05, 0) is 39.0 Å². The van der Waals surface area contributed by atoms with Crippen molar-refractivity contribution in [3.63, 3.8) is 0 Å². The zero-order valence-corrected chi connectivity index (χ0v) is 17.2. The van der Waals surface area contributed by atoms with Crippen LogP contribution in [0.1, 0.15) is 33.1 Å². The number of rotatable bonds is 9. The number of ether oxygens (including phenoxy) is 1. The summed E-state index contributed by atoms with van der Waals surface area (Å²) in [7, 11) is -1.43. The van der Waals surface area contributed by atoms with Crippen LogP contribution in [0, 0.1) is 5.92 Å². The van der Waals surface area contributed by atoms with Crippen LogP contribution in [0.2, 0.25) is 0 Å². The summed E-state index contributed by atoms with van der Waals surface area (Å²) in [5, 5.41) is 6.22. The van der Waals surface area contributed by atoms with Gasteiger partial charge in [0, 0.05) is 39.6 Å². The number of aliphatic imine (C=N–C) groups is 1. The molecule has 0 unspecified atom stereocenters. The van der Waals surface area contributed by atoms with E-state index in [1.54, 1.807) is 20.9 Å². The first kappa shape index (κ1) is 21.9. The summed E-state index contributed by atoms with van der Waals surface area (Å²) in [6, 6.07) is 0. The maximum atomic E-state index is 11.6. The Morgan fingerprint density at radius 3 is 2.45 bits per heavy atom. The van der Waals surface area contributed by atoms with Crippen molar-refractivity contribution >= 4 is 39.8 Å². The molecule has 0 aromatic rings. The van der Waals surface area contributed by atoms with Crippen molar-refractivity contribution in [1.82, 2.24) is 10.6 Å². The molecule has 8 heteroatoms. The number of hydrogen-bond acceptors (Lipinski definition) is 4. The molecule has 0 saturated heterocycles. The average Bonchev–Trinajstić information content (AvgIpc) is 3.19. The molecular formula is C14H30IN3O3S. The molecule has 1 aliphatic carbocycles. The van der Waals surface area contributed by atoms with E-state index < -0.39 is 14.6 Å². The van der Waals surface area contributed by atoms with Gasteiger partial charge in [-0.3, -0.25) is 4.99 Å². The third-order valence-corrected chi connectivity index (χ3v) is 5.87. The van der Waals surface area contributed by atoms with Gasteiger partial charge in [-0.15, -0.1) is 24.0 Å². The monoisotopic (exact) mass is 447 g/mol. The van der Waals surface area contributed by atoms with Gasteiger partial charge < -0.3 is 15.4 Å². The van der Waals surface area contributed by atoms with E-state index in [2.05, 4.69) is 15.6 Å². The van der Waals surface area contributed by atoms with Crippen LogP contribution in [0.25, 0.3) is 0 Å². The maximum absolute atomic E-state index is 11.6. The Balaban J connectivity index is 0.00000441. The summed E-state index contributed by atoms with van der Waals surface area (Å²) in [6.45, 7) is 6.11. The predicted octanol–water partition coefficient (Wildman–Crippen LogP) is 1.41. The van der Waals surface area contributed by atoms with Crippen LogP contribution in [0.5, 0.6) is 0 Å². The fourth-order valence-electron chi connectivity index (χ4n) is 1.56. The highest BCUT2D eigenvalue weighted by atomic mass is 127. The SMILES string of the molecule is CN=C(NCCCOCC1CC1)NCC(C)(C)S(C)(=O)=O.I. The summed E-state index contributed by atoms with van der Waals surface area (Å²) in [6.07, 6.45) is 4.78. The zero-order valence-electron chi connectivity index (χ0n) is 14.0. The minimum atomic E-state index is -3.11. The van der Waals surface area contributed by atoms with Crippen molar-refractivity contribution in [1.29, 1.82) is 0 Å². The quantitative estimate of drug-likeness (QED) is 0.242. The molecule has 22 heavy (non-hydrogen) atoms. The highest BCUT2D eigenvalue weighted by molar-refractivity contribution is 14.0. The van der Waals surface area contributed by atoms with Crippen molar-refractivity contribution < 1.29 is 13.2 Å². The Hall–Kier alpha value is -0.0900. The normalized spacial score (nSPS) is 16.1. The third kappa shape index (κ3) is 8.52. The minimum absolute atomic E-state index is 0. The van der Waals surface area contributed by atoms with Crippen molar-refractivity contribution in [2.75, 3.05) is 39.6 Å². The minimum Gasteiger partial charge on any atom is -0.381 e. The summed E-state index contributed by atoms with van der Waals surface area (Å²) in [5.74, 6) is 1.42. The van der Waals surface area contributed by atoms with E-state index in [0.29, 0.717) is 12.5 Å². The van der Waals surface area contributed by atoms with Gasteiger partial charge >= 0.3 is 0 Å². The molecule has 0 radical (unpaired) electrons. The number of sulfone groups is 1. The van der Waals surface area contributed by atoms with Gasteiger partial charge in [0.05, 0.1) is 4.75 Å². The predicted molar refractivity (Wildman–Crippen MR) is 102 cm³/mol. The Labute approximate surface area is 151 Å². The standard InChI is InChI=1S/C14H29N3O3S.HI/c1-14(2,21(4,18)19)11-17-13(15-3)16-8-5-9-20-10-12-6-7-12;/h12H,5-11H2,1-4H3,(H2,15,16,17);1H. The second-order valence-corrected chi connectivity index (χ2v) is 8.91. The maximum Gasteiger partial charge on any atom is 0.191 e. The number of guanidine groups is 1. The molecule has 0 amide bonds. The molecule has 0 aliphatic heterocycles. The third-order valence-electron chi connectivity index (χ3n) is 3.72. The lowest BCUT2D eigenvalue weighted by molar-refractivity contribution is 0.123. The van der Waals surface area contributed by atoms with Gasteiger partial charge in [-0.2, -0.15) is 0 Å². The molecule has 6 nitrogen and oxygen atoms in total. The molecule has 0 bridgehead atoms. The van der Waals surface area contributed by atoms with E-state index in [0.717, 1.165) is 32.1 Å². The Kier molecular flexibility index (Phi) is 9.88. The van der Waals surface area contributed by atoms with Crippen LogP contribution in [-0.4, -0.2) is 58.7 Å². The first-order valence-electron chi connectivity index (χ1n) is 7.48. The van der Waals surface area contributed by atoms with Crippen molar-refractivity contribution in [3.05, 3.63) is 0 Å². The fourth-order valence-corrected chi connectivity index (χ4v) is 1.90. The Bertz CT molecular complexity index is 448. The van der Waals surface area contributed by atoms with E-state index in [1.165, 1.54) is 19.1 Å². The van der Waals surface area contributed by atoms with Crippen LogP contribution >= 0.6 is 24.0 Å². The number of nitrogens with zero attached hydrogens (tertiary/aromatic N) is 1. The molecule has 1 aliphatic rings. The smallest absolute Gasteiger partial charge is 0.191 e. The van der Waals surface area contributed by atoms with Gasteiger partial charge in [0.15, 0.2) is 15.8 Å². The van der Waals surface area contributed by atoms with Crippen molar-refractivity contribution in [2.24, 2.45) is 10.9 Å². The lowest BCUT2D eigenvalue weighted by Gasteiger charge is -2.24. The summed E-state index contributed by atoms with van der Waals surface area (Å²) in [5.41, 5.74) is 0. The molecule has 0 spiro atoms. The largest absolute Gasteiger partial charge is 0.381 e. The van der Waals surface area contributed by atoms with Gasteiger partial charge in [0.2, 0.25) is 0 Å². The first-order chi connectivity index (χ1) is 9.76. The molecule has 1 fully saturated rings. The lowest BCUT2D eigenvalue weighted by Crippen LogP contribution is -2.47. The van der Waals surface area contributed by atoms with Crippen LogP contribution in [0.3, 0.4) is 0 Å². The lowest BCUT2D eigenvalue weighted by atomic mass is 10.2. The Morgan fingerprint density at radius 1 is 1.32 bits per heavy atom. The number of hydrogen-bond donors (Lipinski definition) is 2. The van der Waals surface area contributed by atoms with Crippen molar-refractivity contribution in [3.8, 4) is 0 Å². The summed E-state index contributed by atoms with van der Waals surface area (Å²) in [4.78, 5) is 4.09. The van der Waals surface area contributed by atoms with Crippen LogP contribution < -0.4 is 10.6 Å². The van der Waals surface area contributed by atoms with Gasteiger partial charge in [0.25, 0.3) is 0 Å². The highest BCUT2D eigenvalue weighted by Crippen LogP contribution is 2.28. The first-order valence-corrected chi connectivity index (χ1v) is 9.37. The van der Waals surface area contributed by atoms with Gasteiger partial charge in [0.1, 0.15) is 0 Å². The zero-order chi connectivity index (χ0) is 15.9. The van der Waals surface area contributed by atoms with E-state index in [1.807, 2.05) is 0 Å². The van der Waals surface area contributed by atoms with Crippen molar-refractivity contribution in [2.45, 2.75) is 37.9 Å². The molecule has 132 valence electrons. The molecule has 2 N–H and O–H groups in total. The second-order valence-electron chi connectivity index (χ2n) is 6.26. The number of halogens is 1. The van der Waals surface area contributed by atoms with E-state index in [-0.39, 0.29) is 24.0 Å². The summed E-state index contributed by atoms with van der Waals surface area (Å²) >= 11 is 0. The molecule has 0 heterocycles. The van der Waals surface area contributed by atoms with E-state index >= 15 is 0 Å². The molecule has 1 saturated carbocycles. The molecule has 0 aromatic heterocycles. The molecule has 0 atom stereocenters. The average molecular weight is 447 g/mol. The second kappa shape index (κ2) is 9.92. The molecule has 1 rings (SSSR count). The van der Waals surface area contributed by atoms with E-state index in [9.17, 15) is 8.42 Å². The topological polar surface area (TPSA) is 79.8 Å². The molecule has 0 aromatic carbocycles. The fraction of sp³-hybridized carbons (Fsp3) is 0.929. The number of nitrogens with one attached hydrogen (secondary N) is 2. The van der Waals surface area contributed by atoms with Gasteiger partial charge in [-0.1, -0.05) is 0 Å². The van der Waals surface area contributed by atoms with E-state index in [4.69, 9.17) is 4.74 Å². The van der Waals surface area contributed by atoms with Gasteiger partial charge in [-0.25, -0.2) is 8.42 Å². The Morgan fingerprint density at radius 2 is 1.95 bits per heavy atom. The van der Waals surface area contributed by atoms with Crippen LogP contribution in [0.15, 0.2) is 4.99 Å².